The molecule has 0 saturated heterocycles. The van der Waals surface area contributed by atoms with E-state index in [-0.39, 0.29) is 24.8 Å². The normalized spacial score (nSPS) is 12.2. The lowest BCUT2D eigenvalue weighted by molar-refractivity contribution is -0.121. The molecule has 1 amide bonds. The molecular weight excluding hydrogens is 411 g/mol. The zero-order valence-corrected chi connectivity index (χ0v) is 17.0. The van der Waals surface area contributed by atoms with Crippen LogP contribution in [0.5, 0.6) is 11.5 Å². The predicted octanol–water partition coefficient (Wildman–Crippen LogP) is 4.06. The Morgan fingerprint density at radius 3 is 2.59 bits per heavy atom. The van der Waals surface area contributed by atoms with Crippen LogP contribution in [0.1, 0.15) is 21.5 Å². The van der Waals surface area contributed by atoms with E-state index in [0.717, 1.165) is 11.1 Å². The number of fused-ring (bicyclic) bond motifs is 2. The number of carbonyl (C=O) groups is 2. The molecule has 0 fully saturated rings. The molecule has 0 bridgehead atoms. The molecule has 3 aromatic carbocycles. The van der Waals surface area contributed by atoms with Gasteiger partial charge in [0.1, 0.15) is 12.4 Å². The van der Waals surface area contributed by atoms with Crippen molar-refractivity contribution >= 4 is 22.6 Å². The molecule has 0 unspecified atom stereocenters. The lowest BCUT2D eigenvalue weighted by Gasteiger charge is -2.08. The van der Waals surface area contributed by atoms with Crippen LogP contribution >= 0.6 is 0 Å². The molecule has 1 N–H and O–H groups in total. The van der Waals surface area contributed by atoms with Gasteiger partial charge in [-0.1, -0.05) is 36.4 Å². The van der Waals surface area contributed by atoms with E-state index in [0.29, 0.717) is 29.0 Å². The van der Waals surface area contributed by atoms with Crippen molar-refractivity contribution in [1.82, 2.24) is 9.88 Å². The number of ether oxygens (including phenoxy) is 2. The second-order valence-corrected chi connectivity index (χ2v) is 7.46. The summed E-state index contributed by atoms with van der Waals surface area (Å²) in [6.45, 7) is 0.547. The molecule has 0 saturated carbocycles. The lowest BCUT2D eigenvalue weighted by atomic mass is 10.0. The minimum atomic E-state index is -0.573. The number of nitrogens with one attached hydrogen (secondary N) is 1. The average molecular weight is 430 g/mol. The number of benzene rings is 3. The van der Waals surface area contributed by atoms with E-state index in [4.69, 9.17) is 9.47 Å². The third-order valence-electron chi connectivity index (χ3n) is 5.39. The van der Waals surface area contributed by atoms with E-state index in [2.05, 4.69) is 5.32 Å². The van der Waals surface area contributed by atoms with Gasteiger partial charge in [0.05, 0.1) is 5.56 Å². The maximum atomic E-state index is 14.2. The zero-order chi connectivity index (χ0) is 22.1. The van der Waals surface area contributed by atoms with Crippen LogP contribution in [0.25, 0.3) is 10.9 Å². The van der Waals surface area contributed by atoms with Gasteiger partial charge in [-0.2, -0.15) is 0 Å². The SMILES string of the molecule is O=C(Cn1cc(C(=O)c2ccccc2F)c2ccccc21)NCc1ccc2c(c1)OCO2. The van der Waals surface area contributed by atoms with Crippen LogP contribution < -0.4 is 14.8 Å². The topological polar surface area (TPSA) is 69.6 Å². The van der Waals surface area contributed by atoms with Crippen LogP contribution in [0, 0.1) is 5.82 Å². The van der Waals surface area contributed by atoms with Gasteiger partial charge in [-0.25, -0.2) is 4.39 Å². The van der Waals surface area contributed by atoms with Crippen LogP contribution in [0.3, 0.4) is 0 Å². The fourth-order valence-electron chi connectivity index (χ4n) is 3.81. The quantitative estimate of drug-likeness (QED) is 0.469. The summed E-state index contributed by atoms with van der Waals surface area (Å²) in [4.78, 5) is 25.6. The fraction of sp³-hybridized carbons (Fsp3) is 0.120. The molecule has 1 aliphatic rings. The number of ketones is 1. The summed E-state index contributed by atoms with van der Waals surface area (Å²) < 4.78 is 26.5. The van der Waals surface area contributed by atoms with Crippen molar-refractivity contribution in [3.63, 3.8) is 0 Å². The molecular formula is C25H19FN2O4. The molecule has 1 aliphatic heterocycles. The smallest absolute Gasteiger partial charge is 0.240 e. The van der Waals surface area contributed by atoms with E-state index in [1.165, 1.54) is 12.1 Å². The second kappa shape index (κ2) is 8.19. The van der Waals surface area contributed by atoms with Crippen LogP contribution in [0.4, 0.5) is 4.39 Å². The summed E-state index contributed by atoms with van der Waals surface area (Å²) >= 11 is 0. The molecule has 32 heavy (non-hydrogen) atoms. The largest absolute Gasteiger partial charge is 0.454 e. The lowest BCUT2D eigenvalue weighted by Crippen LogP contribution is -2.26. The highest BCUT2D eigenvalue weighted by molar-refractivity contribution is 6.16. The number of para-hydroxylation sites is 1. The number of amides is 1. The Kier molecular flexibility index (Phi) is 5.07. The molecule has 4 aromatic rings. The minimum absolute atomic E-state index is 0.00247. The first-order valence-corrected chi connectivity index (χ1v) is 10.1. The van der Waals surface area contributed by atoms with Crippen molar-refractivity contribution in [2.45, 2.75) is 13.1 Å². The van der Waals surface area contributed by atoms with Gasteiger partial charge in [0.25, 0.3) is 0 Å². The molecule has 0 aliphatic carbocycles. The second-order valence-electron chi connectivity index (χ2n) is 7.46. The van der Waals surface area contributed by atoms with Gasteiger partial charge in [-0.15, -0.1) is 0 Å². The van der Waals surface area contributed by atoms with E-state index in [9.17, 15) is 14.0 Å². The van der Waals surface area contributed by atoms with Crippen molar-refractivity contribution in [2.24, 2.45) is 0 Å². The Hall–Kier alpha value is -4.13. The number of hydrogen-bond acceptors (Lipinski definition) is 4. The van der Waals surface area contributed by atoms with E-state index >= 15 is 0 Å². The minimum Gasteiger partial charge on any atom is -0.454 e. The molecule has 2 heterocycles. The van der Waals surface area contributed by atoms with Crippen molar-refractivity contribution < 1.29 is 23.5 Å². The number of aromatic nitrogens is 1. The van der Waals surface area contributed by atoms with Gasteiger partial charge in [-0.05, 0) is 35.9 Å². The van der Waals surface area contributed by atoms with Crippen molar-refractivity contribution in [3.8, 4) is 11.5 Å². The monoisotopic (exact) mass is 430 g/mol. The summed E-state index contributed by atoms with van der Waals surface area (Å²) in [5.74, 6) is 0.137. The average Bonchev–Trinajstić information content (AvgIpc) is 3.42. The highest BCUT2D eigenvalue weighted by atomic mass is 19.1. The Morgan fingerprint density at radius 1 is 0.938 bits per heavy atom. The maximum absolute atomic E-state index is 14.2. The Labute approximate surface area is 183 Å². The molecule has 0 spiro atoms. The van der Waals surface area contributed by atoms with Gasteiger partial charge in [0.15, 0.2) is 17.3 Å². The molecule has 1 aromatic heterocycles. The molecule has 6 nitrogen and oxygen atoms in total. The third-order valence-corrected chi connectivity index (χ3v) is 5.39. The maximum Gasteiger partial charge on any atom is 0.240 e. The molecule has 5 rings (SSSR count). The fourth-order valence-corrected chi connectivity index (χ4v) is 3.81. The number of rotatable bonds is 6. The number of halogens is 1. The Bertz CT molecular complexity index is 1350. The molecule has 7 heteroatoms. The van der Waals surface area contributed by atoms with Crippen LogP contribution in [-0.2, 0) is 17.9 Å². The molecule has 0 atom stereocenters. The van der Waals surface area contributed by atoms with E-state index < -0.39 is 11.6 Å². The molecule has 0 radical (unpaired) electrons. The van der Waals surface area contributed by atoms with Crippen molar-refractivity contribution in [3.05, 3.63) is 95.4 Å². The van der Waals surface area contributed by atoms with E-state index in [1.807, 2.05) is 36.4 Å². The summed E-state index contributed by atoms with van der Waals surface area (Å²) in [6, 6.07) is 18.7. The van der Waals surface area contributed by atoms with Gasteiger partial charge >= 0.3 is 0 Å². The summed E-state index contributed by atoms with van der Waals surface area (Å²) in [7, 11) is 0. The van der Waals surface area contributed by atoms with E-state index in [1.54, 1.807) is 29.0 Å². The highest BCUT2D eigenvalue weighted by Gasteiger charge is 2.20. The Morgan fingerprint density at radius 2 is 1.72 bits per heavy atom. The van der Waals surface area contributed by atoms with Gasteiger partial charge < -0.3 is 19.4 Å². The summed E-state index contributed by atoms with van der Waals surface area (Å²) in [6.07, 6.45) is 1.61. The highest BCUT2D eigenvalue weighted by Crippen LogP contribution is 2.32. The van der Waals surface area contributed by atoms with Crippen LogP contribution in [-0.4, -0.2) is 23.1 Å². The number of carbonyl (C=O) groups excluding carboxylic acids is 2. The van der Waals surface area contributed by atoms with Gasteiger partial charge in [0, 0.05) is 29.2 Å². The first-order valence-electron chi connectivity index (χ1n) is 10.1. The standard InChI is InChI=1S/C25H19FN2O4/c26-20-7-3-1-6-18(20)25(30)19-13-28(21-8-4-2-5-17(19)21)14-24(29)27-12-16-9-10-22-23(11-16)32-15-31-22/h1-11,13H,12,14-15H2,(H,27,29). The summed E-state index contributed by atoms with van der Waals surface area (Å²) in [5, 5.41) is 3.55. The summed E-state index contributed by atoms with van der Waals surface area (Å²) in [5.41, 5.74) is 1.97. The molecule has 160 valence electrons. The van der Waals surface area contributed by atoms with Crippen molar-refractivity contribution in [1.29, 1.82) is 0 Å². The zero-order valence-electron chi connectivity index (χ0n) is 17.0. The van der Waals surface area contributed by atoms with Crippen LogP contribution in [0.15, 0.2) is 72.9 Å². The van der Waals surface area contributed by atoms with Crippen LogP contribution in [0.2, 0.25) is 0 Å². The van der Waals surface area contributed by atoms with Crippen molar-refractivity contribution in [2.75, 3.05) is 6.79 Å². The number of nitrogens with zero attached hydrogens (tertiary/aromatic N) is 1. The predicted molar refractivity (Wildman–Crippen MR) is 116 cm³/mol. The third kappa shape index (κ3) is 3.69. The first-order chi connectivity index (χ1) is 15.6. The first kappa shape index (κ1) is 19.8. The Balaban J connectivity index is 1.36. The number of hydrogen-bond donors (Lipinski definition) is 1. The van der Waals surface area contributed by atoms with Gasteiger partial charge in [-0.3, -0.25) is 9.59 Å². The van der Waals surface area contributed by atoms with Gasteiger partial charge in [0.2, 0.25) is 12.7 Å².